The average Bonchev–Trinajstić information content (AvgIpc) is 3.05. The fraction of sp³-hybridized carbons (Fsp3) is 0.286. The van der Waals surface area contributed by atoms with Gasteiger partial charge in [-0.25, -0.2) is 9.67 Å². The van der Waals surface area contributed by atoms with E-state index in [4.69, 9.17) is 0 Å². The first-order valence-electron chi connectivity index (χ1n) is 6.66. The van der Waals surface area contributed by atoms with Crippen molar-refractivity contribution in [2.75, 3.05) is 7.05 Å². The molecule has 1 N–H and O–H groups in total. The molecule has 0 radical (unpaired) electrons. The maximum atomic E-state index is 11.2. The predicted octanol–water partition coefficient (Wildman–Crippen LogP) is 1.18. The molecule has 0 atom stereocenters. The fourth-order valence-electron chi connectivity index (χ4n) is 2.08. The maximum Gasteiger partial charge on any atom is 0.219 e. The molecule has 0 aliphatic rings. The summed E-state index contributed by atoms with van der Waals surface area (Å²) < 4.78 is 1.71. The van der Waals surface area contributed by atoms with Crippen molar-refractivity contribution in [2.24, 2.45) is 0 Å². The van der Waals surface area contributed by atoms with Crippen molar-refractivity contribution >= 4 is 16.9 Å². The number of aromatic amines is 1. The Kier molecular flexibility index (Phi) is 3.39. The molecule has 3 rings (SSSR count). The Morgan fingerprint density at radius 3 is 2.95 bits per heavy atom. The number of carbonyl (C=O) groups excluding carboxylic acids is 1. The largest absolute Gasteiger partial charge is 0.340 e. The van der Waals surface area contributed by atoms with E-state index in [-0.39, 0.29) is 5.91 Å². The van der Waals surface area contributed by atoms with E-state index in [9.17, 15) is 4.79 Å². The van der Waals surface area contributed by atoms with E-state index in [1.165, 1.54) is 6.92 Å². The lowest BCUT2D eigenvalue weighted by Crippen LogP contribution is -2.23. The molecule has 0 bridgehead atoms. The van der Waals surface area contributed by atoms with Gasteiger partial charge in [0.2, 0.25) is 5.91 Å². The van der Waals surface area contributed by atoms with Crippen LogP contribution in [-0.2, 0) is 17.9 Å². The zero-order valence-corrected chi connectivity index (χ0v) is 11.9. The topological polar surface area (TPSA) is 79.7 Å². The van der Waals surface area contributed by atoms with Gasteiger partial charge in [-0.15, -0.1) is 5.10 Å². The molecule has 7 heteroatoms. The number of fused-ring (bicyclic) bond motifs is 1. The molecule has 1 aromatic carbocycles. The molecule has 0 aliphatic carbocycles. The number of carbonyl (C=O) groups is 1. The summed E-state index contributed by atoms with van der Waals surface area (Å²) in [6, 6.07) is 7.87. The van der Waals surface area contributed by atoms with Crippen LogP contribution in [0.1, 0.15) is 18.4 Å². The molecule has 0 fully saturated rings. The van der Waals surface area contributed by atoms with Crippen LogP contribution in [0.25, 0.3) is 11.0 Å². The molecule has 0 saturated heterocycles. The van der Waals surface area contributed by atoms with E-state index in [2.05, 4.69) is 20.3 Å². The van der Waals surface area contributed by atoms with E-state index in [0.717, 1.165) is 22.6 Å². The van der Waals surface area contributed by atoms with Crippen molar-refractivity contribution < 1.29 is 4.79 Å². The number of aromatic nitrogens is 5. The van der Waals surface area contributed by atoms with Crippen LogP contribution >= 0.6 is 0 Å². The zero-order valence-electron chi connectivity index (χ0n) is 11.9. The smallest absolute Gasteiger partial charge is 0.219 e. The quantitative estimate of drug-likeness (QED) is 0.780. The average molecular weight is 284 g/mol. The Morgan fingerprint density at radius 2 is 2.19 bits per heavy atom. The van der Waals surface area contributed by atoms with Gasteiger partial charge in [0.05, 0.1) is 23.8 Å². The SMILES string of the molecule is CC(=O)N(C)Cc1cn(Cc2nc3ccccc3[nH]2)nn1. The molecule has 108 valence electrons. The molecule has 21 heavy (non-hydrogen) atoms. The van der Waals surface area contributed by atoms with Gasteiger partial charge in [-0.1, -0.05) is 17.3 Å². The second kappa shape index (κ2) is 5.35. The molecule has 0 aliphatic heterocycles. The molecule has 0 unspecified atom stereocenters. The number of amides is 1. The third-order valence-electron chi connectivity index (χ3n) is 3.27. The Labute approximate surface area is 121 Å². The van der Waals surface area contributed by atoms with Crippen LogP contribution in [0.5, 0.6) is 0 Å². The minimum atomic E-state index is 0.00170. The first-order chi connectivity index (χ1) is 10.1. The van der Waals surface area contributed by atoms with E-state index >= 15 is 0 Å². The number of rotatable bonds is 4. The van der Waals surface area contributed by atoms with Crippen molar-refractivity contribution in [3.05, 3.63) is 42.0 Å². The molecule has 2 aromatic heterocycles. The van der Waals surface area contributed by atoms with Crippen molar-refractivity contribution in [3.63, 3.8) is 0 Å². The van der Waals surface area contributed by atoms with Gasteiger partial charge < -0.3 is 9.88 Å². The van der Waals surface area contributed by atoms with E-state index < -0.39 is 0 Å². The number of hydrogen-bond acceptors (Lipinski definition) is 4. The van der Waals surface area contributed by atoms with Crippen molar-refractivity contribution in [1.29, 1.82) is 0 Å². The third kappa shape index (κ3) is 2.91. The summed E-state index contributed by atoms with van der Waals surface area (Å²) in [4.78, 5) is 20.5. The molecule has 3 aromatic rings. The third-order valence-corrected chi connectivity index (χ3v) is 3.27. The highest BCUT2D eigenvalue weighted by atomic mass is 16.2. The minimum absolute atomic E-state index is 0.00170. The number of para-hydroxylation sites is 2. The first-order valence-corrected chi connectivity index (χ1v) is 6.66. The Balaban J connectivity index is 1.73. The number of hydrogen-bond donors (Lipinski definition) is 1. The van der Waals surface area contributed by atoms with E-state index in [1.807, 2.05) is 30.5 Å². The highest BCUT2D eigenvalue weighted by Gasteiger charge is 2.08. The van der Waals surface area contributed by atoms with Gasteiger partial charge in [0.1, 0.15) is 18.1 Å². The number of H-pyrrole nitrogens is 1. The Hall–Kier alpha value is -2.70. The maximum absolute atomic E-state index is 11.2. The summed E-state index contributed by atoms with van der Waals surface area (Å²) in [6.45, 7) is 2.50. The van der Waals surface area contributed by atoms with Gasteiger partial charge >= 0.3 is 0 Å². The van der Waals surface area contributed by atoms with Crippen molar-refractivity contribution in [2.45, 2.75) is 20.0 Å². The summed E-state index contributed by atoms with van der Waals surface area (Å²) in [5, 5.41) is 8.13. The fourth-order valence-corrected chi connectivity index (χ4v) is 2.08. The zero-order chi connectivity index (χ0) is 14.8. The standard InChI is InChI=1S/C14H16N6O/c1-10(21)19(2)7-11-8-20(18-17-11)9-14-15-12-5-3-4-6-13(12)16-14/h3-6,8H,7,9H2,1-2H3,(H,15,16). The highest BCUT2D eigenvalue weighted by Crippen LogP contribution is 2.11. The van der Waals surface area contributed by atoms with E-state index in [0.29, 0.717) is 13.1 Å². The van der Waals surface area contributed by atoms with Gasteiger partial charge in [0, 0.05) is 14.0 Å². The lowest BCUT2D eigenvalue weighted by molar-refractivity contribution is -0.128. The van der Waals surface area contributed by atoms with Gasteiger partial charge in [-0.2, -0.15) is 0 Å². The van der Waals surface area contributed by atoms with Crippen LogP contribution in [0.15, 0.2) is 30.5 Å². The van der Waals surface area contributed by atoms with Crippen LogP contribution in [0.2, 0.25) is 0 Å². The molecule has 0 saturated carbocycles. The molecular weight excluding hydrogens is 268 g/mol. The monoisotopic (exact) mass is 284 g/mol. The highest BCUT2D eigenvalue weighted by molar-refractivity contribution is 5.74. The van der Waals surface area contributed by atoms with E-state index in [1.54, 1.807) is 16.6 Å². The van der Waals surface area contributed by atoms with Gasteiger partial charge in [0.25, 0.3) is 0 Å². The first kappa shape index (κ1) is 13.3. The summed E-state index contributed by atoms with van der Waals surface area (Å²) in [7, 11) is 1.74. The number of benzene rings is 1. The molecule has 2 heterocycles. The Morgan fingerprint density at radius 1 is 1.38 bits per heavy atom. The molecular formula is C14H16N6O. The Bertz CT molecular complexity index is 741. The normalized spacial score (nSPS) is 11.0. The predicted molar refractivity (Wildman–Crippen MR) is 77.4 cm³/mol. The summed E-state index contributed by atoms with van der Waals surface area (Å²) >= 11 is 0. The summed E-state index contributed by atoms with van der Waals surface area (Å²) in [6.07, 6.45) is 1.83. The van der Waals surface area contributed by atoms with Crippen molar-refractivity contribution in [1.82, 2.24) is 29.9 Å². The lowest BCUT2D eigenvalue weighted by Gasteiger charge is -2.11. The number of imidazole rings is 1. The molecule has 0 spiro atoms. The second-order valence-corrected chi connectivity index (χ2v) is 4.98. The minimum Gasteiger partial charge on any atom is -0.340 e. The van der Waals surface area contributed by atoms with Crippen LogP contribution in [0.3, 0.4) is 0 Å². The number of nitrogens with one attached hydrogen (secondary N) is 1. The second-order valence-electron chi connectivity index (χ2n) is 4.98. The van der Waals surface area contributed by atoms with Crippen LogP contribution in [0.4, 0.5) is 0 Å². The van der Waals surface area contributed by atoms with Crippen molar-refractivity contribution in [3.8, 4) is 0 Å². The lowest BCUT2D eigenvalue weighted by atomic mass is 10.3. The summed E-state index contributed by atoms with van der Waals surface area (Å²) in [5.74, 6) is 0.828. The van der Waals surface area contributed by atoms with Gasteiger partial charge in [-0.05, 0) is 12.1 Å². The molecule has 7 nitrogen and oxygen atoms in total. The van der Waals surface area contributed by atoms with Crippen LogP contribution in [0, 0.1) is 0 Å². The van der Waals surface area contributed by atoms with Crippen LogP contribution < -0.4 is 0 Å². The van der Waals surface area contributed by atoms with Gasteiger partial charge in [-0.3, -0.25) is 4.79 Å². The number of nitrogens with zero attached hydrogens (tertiary/aromatic N) is 5. The van der Waals surface area contributed by atoms with Gasteiger partial charge in [0.15, 0.2) is 0 Å². The molecule has 1 amide bonds. The van der Waals surface area contributed by atoms with Crippen LogP contribution in [-0.4, -0.2) is 42.8 Å². The summed E-state index contributed by atoms with van der Waals surface area (Å²) in [5.41, 5.74) is 2.69.